The Balaban J connectivity index is 1.85. The SMILES string of the molecule is COc1ccc(Cl)cc1NC(=O)C[NH+](C)C[C@H]1CCCCO1. The number of rotatable bonds is 6. The molecule has 1 aliphatic rings. The molecule has 2 atom stereocenters. The molecule has 2 N–H and O–H groups in total. The van der Waals surface area contributed by atoms with Crippen molar-refractivity contribution in [1.29, 1.82) is 0 Å². The van der Waals surface area contributed by atoms with E-state index in [1.807, 2.05) is 7.05 Å². The molecule has 1 saturated heterocycles. The minimum atomic E-state index is -0.0612. The molecule has 1 heterocycles. The number of amides is 1. The minimum Gasteiger partial charge on any atom is -0.495 e. The van der Waals surface area contributed by atoms with Gasteiger partial charge in [-0.1, -0.05) is 11.6 Å². The first-order chi connectivity index (χ1) is 10.6. The fourth-order valence-corrected chi connectivity index (χ4v) is 2.85. The molecule has 0 spiro atoms. The van der Waals surface area contributed by atoms with Gasteiger partial charge in [0.1, 0.15) is 18.4 Å². The molecule has 1 fully saturated rings. The highest BCUT2D eigenvalue weighted by Gasteiger charge is 2.20. The number of likely N-dealkylation sites (N-methyl/N-ethyl adjacent to an activating group) is 1. The topological polar surface area (TPSA) is 52.0 Å². The van der Waals surface area contributed by atoms with Crippen LogP contribution in [0.15, 0.2) is 18.2 Å². The van der Waals surface area contributed by atoms with Gasteiger partial charge in [-0.3, -0.25) is 4.79 Å². The molecular weight excluding hydrogens is 304 g/mol. The van der Waals surface area contributed by atoms with Crippen LogP contribution in [0, 0.1) is 0 Å². The van der Waals surface area contributed by atoms with Crippen molar-refractivity contribution in [2.45, 2.75) is 25.4 Å². The molecule has 22 heavy (non-hydrogen) atoms. The summed E-state index contributed by atoms with van der Waals surface area (Å²) >= 11 is 5.96. The van der Waals surface area contributed by atoms with Crippen molar-refractivity contribution < 1.29 is 19.2 Å². The summed E-state index contributed by atoms with van der Waals surface area (Å²) in [4.78, 5) is 13.3. The van der Waals surface area contributed by atoms with Gasteiger partial charge in [0, 0.05) is 11.6 Å². The predicted octanol–water partition coefficient (Wildman–Crippen LogP) is 1.37. The Labute approximate surface area is 136 Å². The maximum absolute atomic E-state index is 12.2. The standard InChI is InChI=1S/C16H23ClN2O3/c1-19(10-13-5-3-4-8-22-13)11-16(20)18-14-9-12(17)6-7-15(14)21-2/h6-7,9,13H,3-5,8,10-11H2,1-2H3,(H,18,20)/p+1/t13-/m1/s1. The Hall–Kier alpha value is -1.30. The third-order valence-electron chi connectivity index (χ3n) is 3.75. The van der Waals surface area contributed by atoms with Crippen LogP contribution in [0.5, 0.6) is 5.75 Å². The molecule has 2 rings (SSSR count). The molecule has 122 valence electrons. The number of benzene rings is 1. The first kappa shape index (κ1) is 17.1. The Bertz CT molecular complexity index is 504. The number of hydrogen-bond donors (Lipinski definition) is 2. The van der Waals surface area contributed by atoms with Gasteiger partial charge < -0.3 is 19.7 Å². The highest BCUT2D eigenvalue weighted by molar-refractivity contribution is 6.31. The van der Waals surface area contributed by atoms with Gasteiger partial charge in [-0.2, -0.15) is 0 Å². The lowest BCUT2D eigenvalue weighted by atomic mass is 10.1. The molecule has 0 saturated carbocycles. The molecule has 0 radical (unpaired) electrons. The molecule has 0 aliphatic carbocycles. The Morgan fingerprint density at radius 2 is 2.32 bits per heavy atom. The molecule has 1 aromatic carbocycles. The molecule has 1 aromatic rings. The molecule has 0 bridgehead atoms. The van der Waals surface area contributed by atoms with Crippen LogP contribution >= 0.6 is 11.6 Å². The Morgan fingerprint density at radius 1 is 1.50 bits per heavy atom. The van der Waals surface area contributed by atoms with Crippen LogP contribution in [-0.2, 0) is 9.53 Å². The first-order valence-electron chi connectivity index (χ1n) is 7.65. The summed E-state index contributed by atoms with van der Waals surface area (Å²) in [6.45, 7) is 2.07. The normalized spacial score (nSPS) is 19.5. The molecule has 1 amide bonds. The first-order valence-corrected chi connectivity index (χ1v) is 8.02. The largest absolute Gasteiger partial charge is 0.495 e. The number of methoxy groups -OCH3 is 1. The summed E-state index contributed by atoms with van der Waals surface area (Å²) in [5.74, 6) is 0.542. The van der Waals surface area contributed by atoms with Crippen LogP contribution in [0.2, 0.25) is 5.02 Å². The van der Waals surface area contributed by atoms with Gasteiger partial charge in [0.25, 0.3) is 5.91 Å². The fraction of sp³-hybridized carbons (Fsp3) is 0.562. The van der Waals surface area contributed by atoms with Gasteiger partial charge in [0.15, 0.2) is 6.54 Å². The molecule has 1 aliphatic heterocycles. The average Bonchev–Trinajstić information content (AvgIpc) is 2.48. The summed E-state index contributed by atoms with van der Waals surface area (Å²) in [5.41, 5.74) is 0.599. The van der Waals surface area contributed by atoms with Crippen molar-refractivity contribution in [1.82, 2.24) is 0 Å². The third kappa shape index (κ3) is 5.16. The lowest BCUT2D eigenvalue weighted by Gasteiger charge is -2.25. The monoisotopic (exact) mass is 327 g/mol. The zero-order valence-electron chi connectivity index (χ0n) is 13.2. The van der Waals surface area contributed by atoms with Crippen LogP contribution < -0.4 is 15.0 Å². The summed E-state index contributed by atoms with van der Waals surface area (Å²) in [6.07, 6.45) is 3.71. The van der Waals surface area contributed by atoms with Crippen molar-refractivity contribution in [2.24, 2.45) is 0 Å². The van der Waals surface area contributed by atoms with Crippen molar-refractivity contribution >= 4 is 23.2 Å². The fourth-order valence-electron chi connectivity index (χ4n) is 2.68. The second kappa shape index (κ2) is 8.36. The number of anilines is 1. The van der Waals surface area contributed by atoms with Gasteiger partial charge in [0.2, 0.25) is 0 Å². The smallest absolute Gasteiger partial charge is 0.279 e. The quantitative estimate of drug-likeness (QED) is 0.830. The van der Waals surface area contributed by atoms with Crippen LogP contribution in [0.3, 0.4) is 0 Å². The van der Waals surface area contributed by atoms with Crippen molar-refractivity contribution in [3.63, 3.8) is 0 Å². The highest BCUT2D eigenvalue weighted by Crippen LogP contribution is 2.27. The number of nitrogens with one attached hydrogen (secondary N) is 2. The number of carbonyl (C=O) groups excluding carboxylic acids is 1. The average molecular weight is 328 g/mol. The molecule has 5 nitrogen and oxygen atoms in total. The molecule has 6 heteroatoms. The van der Waals surface area contributed by atoms with Gasteiger partial charge in [-0.05, 0) is 37.5 Å². The van der Waals surface area contributed by atoms with Gasteiger partial charge in [-0.15, -0.1) is 0 Å². The lowest BCUT2D eigenvalue weighted by Crippen LogP contribution is -3.11. The highest BCUT2D eigenvalue weighted by atomic mass is 35.5. The van der Waals surface area contributed by atoms with E-state index >= 15 is 0 Å². The number of hydrogen-bond acceptors (Lipinski definition) is 3. The number of carbonyl (C=O) groups is 1. The van der Waals surface area contributed by atoms with Crippen molar-refractivity contribution in [3.05, 3.63) is 23.2 Å². The number of quaternary nitrogens is 1. The molecular formula is C16H24ClN2O3+. The van der Waals surface area contributed by atoms with Gasteiger partial charge in [0.05, 0.1) is 19.8 Å². The summed E-state index contributed by atoms with van der Waals surface area (Å²) < 4.78 is 10.9. The van der Waals surface area contributed by atoms with E-state index in [0.29, 0.717) is 23.0 Å². The second-order valence-corrected chi connectivity index (χ2v) is 6.16. The number of ether oxygens (including phenoxy) is 2. The second-order valence-electron chi connectivity index (χ2n) is 5.72. The van der Waals surface area contributed by atoms with E-state index in [9.17, 15) is 4.79 Å². The van der Waals surface area contributed by atoms with Crippen LogP contribution in [0.25, 0.3) is 0 Å². The van der Waals surface area contributed by atoms with Gasteiger partial charge in [-0.25, -0.2) is 0 Å². The Morgan fingerprint density at radius 3 is 3.00 bits per heavy atom. The van der Waals surface area contributed by atoms with Gasteiger partial charge >= 0.3 is 0 Å². The predicted molar refractivity (Wildman–Crippen MR) is 86.8 cm³/mol. The summed E-state index contributed by atoms with van der Waals surface area (Å²) in [6, 6.07) is 5.16. The van der Waals surface area contributed by atoms with E-state index in [-0.39, 0.29) is 12.0 Å². The van der Waals surface area contributed by atoms with Crippen LogP contribution in [0.1, 0.15) is 19.3 Å². The van der Waals surface area contributed by atoms with E-state index in [1.165, 1.54) is 6.42 Å². The third-order valence-corrected chi connectivity index (χ3v) is 3.98. The zero-order valence-corrected chi connectivity index (χ0v) is 13.9. The van der Waals surface area contributed by atoms with Crippen molar-refractivity contribution in [2.75, 3.05) is 39.2 Å². The van der Waals surface area contributed by atoms with E-state index in [0.717, 1.165) is 30.9 Å². The summed E-state index contributed by atoms with van der Waals surface area (Å²) in [7, 11) is 3.57. The van der Waals surface area contributed by atoms with E-state index in [4.69, 9.17) is 21.1 Å². The van der Waals surface area contributed by atoms with E-state index < -0.39 is 0 Å². The Kier molecular flexibility index (Phi) is 6.49. The van der Waals surface area contributed by atoms with E-state index in [2.05, 4.69) is 5.32 Å². The van der Waals surface area contributed by atoms with Crippen LogP contribution in [0.4, 0.5) is 5.69 Å². The minimum absolute atomic E-state index is 0.0612. The maximum atomic E-state index is 12.2. The van der Waals surface area contributed by atoms with E-state index in [1.54, 1.807) is 25.3 Å². The summed E-state index contributed by atoms with van der Waals surface area (Å²) in [5, 5.41) is 3.42. The number of halogens is 1. The molecule has 1 unspecified atom stereocenters. The lowest BCUT2D eigenvalue weighted by molar-refractivity contribution is -0.874. The molecule has 0 aromatic heterocycles. The van der Waals surface area contributed by atoms with Crippen molar-refractivity contribution in [3.8, 4) is 5.75 Å². The zero-order chi connectivity index (χ0) is 15.9. The maximum Gasteiger partial charge on any atom is 0.279 e. The van der Waals surface area contributed by atoms with Crippen LogP contribution in [-0.4, -0.2) is 45.9 Å².